The molecule has 6 nitrogen and oxygen atoms in total. The maximum absolute atomic E-state index is 12.9. The number of nitrogens with zero attached hydrogens (tertiary/aromatic N) is 1. The van der Waals surface area contributed by atoms with Crippen LogP contribution in [0.25, 0.3) is 0 Å². The average Bonchev–Trinajstić information content (AvgIpc) is 3.04. The summed E-state index contributed by atoms with van der Waals surface area (Å²) in [4.78, 5) is 29.4. The molecule has 144 valence electrons. The highest BCUT2D eigenvalue weighted by molar-refractivity contribution is 7.17. The number of hydrogen-bond acceptors (Lipinski definition) is 4. The van der Waals surface area contributed by atoms with E-state index in [1.165, 1.54) is 24.3 Å². The van der Waals surface area contributed by atoms with Crippen molar-refractivity contribution in [1.82, 2.24) is 4.98 Å². The monoisotopic (exact) mass is 398 g/mol. The van der Waals surface area contributed by atoms with Gasteiger partial charge in [-0.25, -0.2) is 14.2 Å². The van der Waals surface area contributed by atoms with E-state index in [1.807, 2.05) is 31.2 Å². The van der Waals surface area contributed by atoms with E-state index in [9.17, 15) is 14.0 Å². The summed E-state index contributed by atoms with van der Waals surface area (Å²) in [5.41, 5.74) is 2.76. The van der Waals surface area contributed by atoms with E-state index in [0.29, 0.717) is 21.4 Å². The smallest absolute Gasteiger partial charge is 0.321 e. The van der Waals surface area contributed by atoms with Crippen LogP contribution in [0.1, 0.15) is 27.9 Å². The molecule has 2 aromatic carbocycles. The van der Waals surface area contributed by atoms with E-state index in [0.717, 1.165) is 29.0 Å². The molecule has 0 spiro atoms. The highest BCUT2D eigenvalue weighted by Crippen LogP contribution is 2.25. The van der Waals surface area contributed by atoms with Gasteiger partial charge in [0.1, 0.15) is 10.7 Å². The molecule has 0 atom stereocenters. The van der Waals surface area contributed by atoms with Crippen molar-refractivity contribution in [3.63, 3.8) is 0 Å². The van der Waals surface area contributed by atoms with Gasteiger partial charge in [0.05, 0.1) is 5.69 Å². The van der Waals surface area contributed by atoms with E-state index in [1.54, 1.807) is 6.92 Å². The zero-order valence-corrected chi connectivity index (χ0v) is 16.2. The molecule has 1 aromatic heterocycles. The van der Waals surface area contributed by atoms with Gasteiger partial charge < -0.3 is 10.6 Å². The summed E-state index contributed by atoms with van der Waals surface area (Å²) in [6, 6.07) is 12.5. The largest absolute Gasteiger partial charge is 0.325 e. The van der Waals surface area contributed by atoms with Crippen LogP contribution in [-0.2, 0) is 6.42 Å². The van der Waals surface area contributed by atoms with Crippen molar-refractivity contribution in [1.29, 1.82) is 0 Å². The Labute approximate surface area is 165 Å². The molecule has 0 aliphatic heterocycles. The van der Waals surface area contributed by atoms with Crippen molar-refractivity contribution in [2.24, 2.45) is 0 Å². The van der Waals surface area contributed by atoms with Crippen LogP contribution in [-0.4, -0.2) is 16.9 Å². The number of thiazole rings is 1. The molecule has 0 radical (unpaired) electrons. The molecular formula is C20H19FN4O2S. The fourth-order valence-electron chi connectivity index (χ4n) is 2.58. The van der Waals surface area contributed by atoms with Crippen LogP contribution in [0.5, 0.6) is 0 Å². The number of halogens is 1. The Balaban J connectivity index is 1.67. The molecule has 0 aliphatic rings. The van der Waals surface area contributed by atoms with Gasteiger partial charge in [-0.1, -0.05) is 36.5 Å². The molecule has 28 heavy (non-hydrogen) atoms. The molecule has 0 bridgehead atoms. The van der Waals surface area contributed by atoms with Crippen LogP contribution in [0, 0.1) is 12.7 Å². The number of aromatic nitrogens is 1. The lowest BCUT2D eigenvalue weighted by Crippen LogP contribution is -2.19. The number of hydrogen-bond donors (Lipinski definition) is 3. The van der Waals surface area contributed by atoms with E-state index in [2.05, 4.69) is 20.9 Å². The molecule has 3 aromatic rings. The Morgan fingerprint density at radius 2 is 1.75 bits per heavy atom. The predicted molar refractivity (Wildman–Crippen MR) is 110 cm³/mol. The van der Waals surface area contributed by atoms with Crippen molar-refractivity contribution in [2.45, 2.75) is 20.3 Å². The summed E-state index contributed by atoms with van der Waals surface area (Å²) >= 11 is 1.09. The SMILES string of the molecule is CCc1ccccc1NC(=O)c1sc(NC(=O)Nc2ccc(F)cc2)nc1C. The van der Waals surface area contributed by atoms with Gasteiger partial charge in [0.2, 0.25) is 0 Å². The number of para-hydroxylation sites is 1. The maximum Gasteiger partial charge on any atom is 0.325 e. The van der Waals surface area contributed by atoms with Crippen molar-refractivity contribution in [2.75, 3.05) is 16.0 Å². The highest BCUT2D eigenvalue weighted by atomic mass is 32.1. The van der Waals surface area contributed by atoms with Gasteiger partial charge in [0.25, 0.3) is 5.91 Å². The number of aryl methyl sites for hydroxylation is 2. The maximum atomic E-state index is 12.9. The first-order chi connectivity index (χ1) is 13.5. The lowest BCUT2D eigenvalue weighted by atomic mass is 10.1. The fourth-order valence-corrected chi connectivity index (χ4v) is 3.44. The summed E-state index contributed by atoms with van der Waals surface area (Å²) in [7, 11) is 0. The minimum absolute atomic E-state index is 0.275. The van der Waals surface area contributed by atoms with E-state index < -0.39 is 6.03 Å². The minimum Gasteiger partial charge on any atom is -0.321 e. The van der Waals surface area contributed by atoms with Crippen LogP contribution in [0.4, 0.5) is 25.7 Å². The van der Waals surface area contributed by atoms with E-state index >= 15 is 0 Å². The third-order valence-electron chi connectivity index (χ3n) is 3.97. The average molecular weight is 398 g/mol. The molecule has 3 amide bonds. The highest BCUT2D eigenvalue weighted by Gasteiger charge is 2.17. The number of carbonyl (C=O) groups excluding carboxylic acids is 2. The van der Waals surface area contributed by atoms with Crippen molar-refractivity contribution < 1.29 is 14.0 Å². The van der Waals surface area contributed by atoms with Crippen molar-refractivity contribution >= 4 is 39.8 Å². The summed E-state index contributed by atoms with van der Waals surface area (Å²) in [6.45, 7) is 3.73. The molecule has 1 heterocycles. The number of urea groups is 1. The first-order valence-electron chi connectivity index (χ1n) is 8.66. The number of amides is 3. The molecule has 0 saturated heterocycles. The molecule has 0 aliphatic carbocycles. The van der Waals surface area contributed by atoms with Gasteiger partial charge in [-0.2, -0.15) is 0 Å². The van der Waals surface area contributed by atoms with Crippen LogP contribution in [0.3, 0.4) is 0 Å². The second-order valence-corrected chi connectivity index (χ2v) is 6.98. The molecular weight excluding hydrogens is 379 g/mol. The summed E-state index contributed by atoms with van der Waals surface area (Å²) < 4.78 is 12.9. The van der Waals surface area contributed by atoms with Gasteiger partial charge in [0, 0.05) is 11.4 Å². The zero-order chi connectivity index (χ0) is 20.1. The molecule has 0 fully saturated rings. The zero-order valence-electron chi connectivity index (χ0n) is 15.4. The minimum atomic E-state index is -0.524. The molecule has 3 rings (SSSR count). The summed E-state index contributed by atoms with van der Waals surface area (Å²) in [5.74, 6) is -0.662. The van der Waals surface area contributed by atoms with Crippen LogP contribution in [0.2, 0.25) is 0 Å². The lowest BCUT2D eigenvalue weighted by molar-refractivity contribution is 0.102. The van der Waals surface area contributed by atoms with Crippen LogP contribution in [0.15, 0.2) is 48.5 Å². The second-order valence-electron chi connectivity index (χ2n) is 5.98. The molecule has 0 unspecified atom stereocenters. The Hall–Kier alpha value is -3.26. The summed E-state index contributed by atoms with van der Waals surface area (Å²) in [5, 5.41) is 8.37. The number of nitrogens with one attached hydrogen (secondary N) is 3. The summed E-state index contributed by atoms with van der Waals surface area (Å²) in [6.07, 6.45) is 0.800. The predicted octanol–water partition coefficient (Wildman–Crippen LogP) is 5.05. The number of rotatable bonds is 5. The van der Waals surface area contributed by atoms with E-state index in [-0.39, 0.29) is 11.7 Å². The van der Waals surface area contributed by atoms with Gasteiger partial charge in [0.15, 0.2) is 5.13 Å². The lowest BCUT2D eigenvalue weighted by Gasteiger charge is -2.08. The Kier molecular flexibility index (Phi) is 6.00. The van der Waals surface area contributed by atoms with Gasteiger partial charge in [-0.15, -0.1) is 0 Å². The normalized spacial score (nSPS) is 10.4. The van der Waals surface area contributed by atoms with Gasteiger partial charge in [-0.3, -0.25) is 10.1 Å². The number of carbonyl (C=O) groups is 2. The first-order valence-corrected chi connectivity index (χ1v) is 9.48. The molecule has 3 N–H and O–H groups in total. The van der Waals surface area contributed by atoms with Crippen molar-refractivity contribution in [3.8, 4) is 0 Å². The fraction of sp³-hybridized carbons (Fsp3) is 0.150. The van der Waals surface area contributed by atoms with Crippen LogP contribution >= 0.6 is 11.3 Å². The number of benzene rings is 2. The quantitative estimate of drug-likeness (QED) is 0.562. The Morgan fingerprint density at radius 1 is 1.04 bits per heavy atom. The van der Waals surface area contributed by atoms with Crippen LogP contribution < -0.4 is 16.0 Å². The van der Waals surface area contributed by atoms with Crippen molar-refractivity contribution in [3.05, 3.63) is 70.5 Å². The van der Waals surface area contributed by atoms with E-state index in [4.69, 9.17) is 0 Å². The third kappa shape index (κ3) is 4.72. The first kappa shape index (κ1) is 19.5. The van der Waals surface area contributed by atoms with Gasteiger partial charge in [-0.05, 0) is 49.2 Å². The standard InChI is InChI=1S/C20H19FN4O2S/c1-3-13-6-4-5-7-16(13)24-18(26)17-12(2)22-20(28-17)25-19(27)23-15-10-8-14(21)9-11-15/h4-11H,3H2,1-2H3,(H,24,26)(H2,22,23,25,27). The number of anilines is 3. The second kappa shape index (κ2) is 8.62. The topological polar surface area (TPSA) is 83.1 Å². The Morgan fingerprint density at radius 3 is 2.46 bits per heavy atom. The van der Waals surface area contributed by atoms with Gasteiger partial charge >= 0.3 is 6.03 Å². The molecule has 0 saturated carbocycles. The Bertz CT molecular complexity index is 1000. The molecule has 8 heteroatoms. The third-order valence-corrected chi connectivity index (χ3v) is 5.04.